The van der Waals surface area contributed by atoms with Crippen molar-refractivity contribution in [2.45, 2.75) is 13.5 Å². The molecule has 0 aliphatic carbocycles. The van der Waals surface area contributed by atoms with Gasteiger partial charge in [-0.2, -0.15) is 0 Å². The zero-order chi connectivity index (χ0) is 20.2. The number of rotatable bonds is 5. The molecule has 7 nitrogen and oxygen atoms in total. The molecule has 0 saturated carbocycles. The van der Waals surface area contributed by atoms with Gasteiger partial charge in [-0.3, -0.25) is 9.59 Å². The van der Waals surface area contributed by atoms with Gasteiger partial charge in [0.05, 0.1) is 16.8 Å². The standard InChI is InChI=1S/C22H19N5O2/c1-15-7-6-8-16(13-15)23-22(29)17-9-2-3-10-18(17)24-21(28)14-27-20-12-5-4-11-19(20)25-26-27/h2-13H,14H2,1H3,(H,23,29)(H,24,28). The molecule has 0 radical (unpaired) electrons. The van der Waals surface area contributed by atoms with Crippen LogP contribution in [0.15, 0.2) is 72.8 Å². The van der Waals surface area contributed by atoms with Crippen LogP contribution in [0.1, 0.15) is 15.9 Å². The molecule has 29 heavy (non-hydrogen) atoms. The smallest absolute Gasteiger partial charge is 0.257 e. The number of anilines is 2. The molecule has 1 heterocycles. The highest BCUT2D eigenvalue weighted by atomic mass is 16.2. The van der Waals surface area contributed by atoms with Crippen molar-refractivity contribution in [3.63, 3.8) is 0 Å². The monoisotopic (exact) mass is 385 g/mol. The van der Waals surface area contributed by atoms with E-state index in [1.54, 1.807) is 24.3 Å². The molecule has 0 aliphatic rings. The summed E-state index contributed by atoms with van der Waals surface area (Å²) in [5.41, 5.74) is 4.05. The molecule has 0 spiro atoms. The zero-order valence-corrected chi connectivity index (χ0v) is 15.8. The van der Waals surface area contributed by atoms with Crippen molar-refractivity contribution in [3.8, 4) is 0 Å². The average molecular weight is 385 g/mol. The Hall–Kier alpha value is -4.00. The number of carbonyl (C=O) groups excluding carboxylic acids is 2. The Kier molecular flexibility index (Phi) is 5.03. The van der Waals surface area contributed by atoms with Crippen LogP contribution in [0.5, 0.6) is 0 Å². The van der Waals surface area contributed by atoms with Crippen LogP contribution in [0.3, 0.4) is 0 Å². The summed E-state index contributed by atoms with van der Waals surface area (Å²) >= 11 is 0. The summed E-state index contributed by atoms with van der Waals surface area (Å²) < 4.78 is 1.53. The molecular formula is C22H19N5O2. The molecule has 4 rings (SSSR count). The molecule has 0 fully saturated rings. The van der Waals surface area contributed by atoms with Crippen molar-refractivity contribution < 1.29 is 9.59 Å². The number of carbonyl (C=O) groups is 2. The molecule has 3 aromatic carbocycles. The summed E-state index contributed by atoms with van der Waals surface area (Å²) in [6.07, 6.45) is 0. The highest BCUT2D eigenvalue weighted by Gasteiger charge is 2.15. The van der Waals surface area contributed by atoms with Gasteiger partial charge in [0.2, 0.25) is 5.91 Å². The topological polar surface area (TPSA) is 88.9 Å². The second kappa shape index (κ2) is 7.93. The van der Waals surface area contributed by atoms with Gasteiger partial charge >= 0.3 is 0 Å². The molecule has 0 atom stereocenters. The van der Waals surface area contributed by atoms with Crippen LogP contribution in [0.4, 0.5) is 11.4 Å². The normalized spacial score (nSPS) is 10.7. The minimum atomic E-state index is -0.295. The summed E-state index contributed by atoms with van der Waals surface area (Å²) in [7, 11) is 0. The fourth-order valence-corrected chi connectivity index (χ4v) is 3.07. The van der Waals surface area contributed by atoms with Crippen LogP contribution in [0.2, 0.25) is 0 Å². The number of benzene rings is 3. The van der Waals surface area contributed by atoms with Gasteiger partial charge in [0.1, 0.15) is 12.1 Å². The lowest BCUT2D eigenvalue weighted by molar-refractivity contribution is -0.116. The van der Waals surface area contributed by atoms with E-state index in [4.69, 9.17) is 0 Å². The first-order valence-corrected chi connectivity index (χ1v) is 9.15. The van der Waals surface area contributed by atoms with Gasteiger partial charge in [-0.05, 0) is 48.9 Å². The van der Waals surface area contributed by atoms with Gasteiger partial charge < -0.3 is 10.6 Å². The molecule has 144 valence electrons. The first-order valence-electron chi connectivity index (χ1n) is 9.15. The van der Waals surface area contributed by atoms with Crippen LogP contribution < -0.4 is 10.6 Å². The fourth-order valence-electron chi connectivity index (χ4n) is 3.07. The highest BCUT2D eigenvalue weighted by molar-refractivity contribution is 6.10. The molecule has 4 aromatic rings. The van der Waals surface area contributed by atoms with Gasteiger partial charge in [0.15, 0.2) is 0 Å². The van der Waals surface area contributed by atoms with Gasteiger partial charge in [-0.1, -0.05) is 41.6 Å². The molecular weight excluding hydrogens is 366 g/mol. The SMILES string of the molecule is Cc1cccc(NC(=O)c2ccccc2NC(=O)Cn2nnc3ccccc32)c1. The first-order chi connectivity index (χ1) is 14.1. The van der Waals surface area contributed by atoms with Crippen molar-refractivity contribution in [2.24, 2.45) is 0 Å². The molecule has 0 saturated heterocycles. The number of nitrogens with one attached hydrogen (secondary N) is 2. The van der Waals surface area contributed by atoms with E-state index in [9.17, 15) is 9.59 Å². The molecule has 0 aliphatic heterocycles. The number of para-hydroxylation sites is 2. The molecule has 2 N–H and O–H groups in total. The maximum Gasteiger partial charge on any atom is 0.257 e. The summed E-state index contributed by atoms with van der Waals surface area (Å²) in [6, 6.07) is 21.8. The number of aromatic nitrogens is 3. The summed E-state index contributed by atoms with van der Waals surface area (Å²) in [6.45, 7) is 1.95. The van der Waals surface area contributed by atoms with Gasteiger partial charge in [-0.15, -0.1) is 5.10 Å². The molecule has 1 aromatic heterocycles. The number of amides is 2. The first kappa shape index (κ1) is 18.4. The van der Waals surface area contributed by atoms with Crippen LogP contribution in [0.25, 0.3) is 11.0 Å². The summed E-state index contributed by atoms with van der Waals surface area (Å²) in [4.78, 5) is 25.3. The third kappa shape index (κ3) is 4.14. The van der Waals surface area contributed by atoms with Crippen molar-refractivity contribution in [3.05, 3.63) is 83.9 Å². The number of aryl methyl sites for hydroxylation is 1. The summed E-state index contributed by atoms with van der Waals surface area (Å²) in [5, 5.41) is 13.7. The maximum atomic E-state index is 12.7. The van der Waals surface area contributed by atoms with E-state index in [1.165, 1.54) is 4.68 Å². The molecule has 0 bridgehead atoms. The van der Waals surface area contributed by atoms with Crippen LogP contribution in [-0.4, -0.2) is 26.8 Å². The van der Waals surface area contributed by atoms with E-state index < -0.39 is 0 Å². The molecule has 7 heteroatoms. The van der Waals surface area contributed by atoms with Crippen LogP contribution in [-0.2, 0) is 11.3 Å². The quantitative estimate of drug-likeness (QED) is 0.549. The number of fused-ring (bicyclic) bond motifs is 1. The van der Waals surface area contributed by atoms with E-state index in [-0.39, 0.29) is 18.4 Å². The summed E-state index contributed by atoms with van der Waals surface area (Å²) in [5.74, 6) is -0.589. The number of hydrogen-bond acceptors (Lipinski definition) is 4. The van der Waals surface area contributed by atoms with Gasteiger partial charge in [0.25, 0.3) is 5.91 Å². The lowest BCUT2D eigenvalue weighted by Gasteiger charge is -2.12. The maximum absolute atomic E-state index is 12.7. The van der Waals surface area contributed by atoms with E-state index >= 15 is 0 Å². The van der Waals surface area contributed by atoms with E-state index in [1.807, 2.05) is 55.5 Å². The Labute approximate surface area is 167 Å². The Bertz CT molecular complexity index is 1200. The zero-order valence-electron chi connectivity index (χ0n) is 15.8. The van der Waals surface area contributed by atoms with Crippen LogP contribution >= 0.6 is 0 Å². The van der Waals surface area contributed by atoms with Crippen molar-refractivity contribution >= 4 is 34.2 Å². The van der Waals surface area contributed by atoms with Crippen LogP contribution in [0, 0.1) is 6.92 Å². The Morgan fingerprint density at radius 3 is 2.59 bits per heavy atom. The third-order valence-corrected chi connectivity index (χ3v) is 4.44. The minimum Gasteiger partial charge on any atom is -0.324 e. The second-order valence-electron chi connectivity index (χ2n) is 6.65. The second-order valence-corrected chi connectivity index (χ2v) is 6.65. The Balaban J connectivity index is 1.50. The van der Waals surface area contributed by atoms with Crippen molar-refractivity contribution in [1.29, 1.82) is 0 Å². The van der Waals surface area contributed by atoms with Gasteiger partial charge in [-0.25, -0.2) is 4.68 Å². The van der Waals surface area contributed by atoms with Crippen molar-refractivity contribution in [2.75, 3.05) is 10.6 Å². The number of nitrogens with zero attached hydrogens (tertiary/aromatic N) is 3. The highest BCUT2D eigenvalue weighted by Crippen LogP contribution is 2.18. The van der Waals surface area contributed by atoms with E-state index in [0.717, 1.165) is 16.6 Å². The fraction of sp³-hybridized carbons (Fsp3) is 0.0909. The molecule has 0 unspecified atom stereocenters. The molecule has 2 amide bonds. The third-order valence-electron chi connectivity index (χ3n) is 4.44. The Morgan fingerprint density at radius 1 is 0.931 bits per heavy atom. The van der Waals surface area contributed by atoms with Gasteiger partial charge in [0, 0.05) is 5.69 Å². The predicted molar refractivity (Wildman–Crippen MR) is 112 cm³/mol. The van der Waals surface area contributed by atoms with E-state index in [2.05, 4.69) is 20.9 Å². The Morgan fingerprint density at radius 2 is 1.72 bits per heavy atom. The van der Waals surface area contributed by atoms with Crippen molar-refractivity contribution in [1.82, 2.24) is 15.0 Å². The average Bonchev–Trinajstić information content (AvgIpc) is 3.11. The minimum absolute atomic E-state index is 0.00561. The largest absolute Gasteiger partial charge is 0.324 e. The lowest BCUT2D eigenvalue weighted by Crippen LogP contribution is -2.22. The predicted octanol–water partition coefficient (Wildman–Crippen LogP) is 3.63. The van der Waals surface area contributed by atoms with E-state index in [0.29, 0.717) is 16.9 Å². The number of hydrogen-bond donors (Lipinski definition) is 2. The lowest BCUT2D eigenvalue weighted by atomic mass is 10.1.